The first kappa shape index (κ1) is 9.32. The van der Waals surface area contributed by atoms with Gasteiger partial charge in [-0.2, -0.15) is 0 Å². The van der Waals surface area contributed by atoms with E-state index in [9.17, 15) is 4.79 Å². The number of hydrogen-bond acceptors (Lipinski definition) is 6. The standard InChI is InChI=1S/C9H7N5O/c1-6(15)7-2-3-8(10-4-7)9-13-11-5-12-14-9/h2-5H,1H3. The molecule has 0 unspecified atom stereocenters. The van der Waals surface area contributed by atoms with E-state index in [0.717, 1.165) is 0 Å². The second-order valence-corrected chi connectivity index (χ2v) is 2.86. The van der Waals surface area contributed by atoms with E-state index in [1.54, 1.807) is 12.1 Å². The van der Waals surface area contributed by atoms with Crippen molar-refractivity contribution in [1.29, 1.82) is 0 Å². The molecular weight excluding hydrogens is 194 g/mol. The first-order valence-corrected chi connectivity index (χ1v) is 4.25. The highest BCUT2D eigenvalue weighted by Crippen LogP contribution is 2.09. The third-order valence-electron chi connectivity index (χ3n) is 1.81. The fourth-order valence-corrected chi connectivity index (χ4v) is 1.04. The molecule has 2 heterocycles. The van der Waals surface area contributed by atoms with Crippen molar-refractivity contribution in [2.24, 2.45) is 0 Å². The van der Waals surface area contributed by atoms with Gasteiger partial charge in [0.2, 0.25) is 5.82 Å². The van der Waals surface area contributed by atoms with Gasteiger partial charge in [-0.05, 0) is 19.1 Å². The highest BCUT2D eigenvalue weighted by molar-refractivity contribution is 5.93. The van der Waals surface area contributed by atoms with Crippen LogP contribution in [0.15, 0.2) is 24.7 Å². The van der Waals surface area contributed by atoms with E-state index in [2.05, 4.69) is 25.4 Å². The molecule has 6 heteroatoms. The van der Waals surface area contributed by atoms with Gasteiger partial charge in [-0.25, -0.2) is 0 Å². The highest BCUT2D eigenvalue weighted by atomic mass is 16.1. The van der Waals surface area contributed by atoms with Gasteiger partial charge in [0.1, 0.15) is 5.69 Å². The van der Waals surface area contributed by atoms with E-state index < -0.39 is 0 Å². The summed E-state index contributed by atoms with van der Waals surface area (Å²) in [6.45, 7) is 1.48. The lowest BCUT2D eigenvalue weighted by atomic mass is 10.2. The fourth-order valence-electron chi connectivity index (χ4n) is 1.04. The van der Waals surface area contributed by atoms with Crippen LogP contribution in [0.25, 0.3) is 11.5 Å². The molecule has 0 radical (unpaired) electrons. The molecule has 0 saturated carbocycles. The van der Waals surface area contributed by atoms with Gasteiger partial charge in [0.05, 0.1) is 0 Å². The van der Waals surface area contributed by atoms with Gasteiger partial charge in [0, 0.05) is 11.8 Å². The van der Waals surface area contributed by atoms with Gasteiger partial charge in [-0.3, -0.25) is 9.78 Å². The van der Waals surface area contributed by atoms with Crippen molar-refractivity contribution in [2.75, 3.05) is 0 Å². The van der Waals surface area contributed by atoms with Crippen molar-refractivity contribution in [2.45, 2.75) is 6.92 Å². The van der Waals surface area contributed by atoms with Crippen LogP contribution in [0.4, 0.5) is 0 Å². The Balaban J connectivity index is 2.36. The van der Waals surface area contributed by atoms with Gasteiger partial charge in [0.25, 0.3) is 0 Å². The zero-order valence-electron chi connectivity index (χ0n) is 7.95. The molecule has 0 aromatic carbocycles. The Morgan fingerprint density at radius 3 is 2.47 bits per heavy atom. The average Bonchev–Trinajstić information content (AvgIpc) is 2.30. The minimum Gasteiger partial charge on any atom is -0.294 e. The summed E-state index contributed by atoms with van der Waals surface area (Å²) in [6, 6.07) is 3.33. The van der Waals surface area contributed by atoms with Crippen LogP contribution < -0.4 is 0 Å². The van der Waals surface area contributed by atoms with Crippen molar-refractivity contribution in [3.05, 3.63) is 30.2 Å². The normalized spacial score (nSPS) is 9.93. The molecule has 0 aliphatic carbocycles. The minimum atomic E-state index is -0.0284. The lowest BCUT2D eigenvalue weighted by Crippen LogP contribution is -1.98. The van der Waals surface area contributed by atoms with E-state index in [1.165, 1.54) is 19.4 Å². The van der Waals surface area contributed by atoms with Gasteiger partial charge in [0.15, 0.2) is 12.1 Å². The van der Waals surface area contributed by atoms with Crippen LogP contribution in [0.3, 0.4) is 0 Å². The van der Waals surface area contributed by atoms with Gasteiger partial charge < -0.3 is 0 Å². The second kappa shape index (κ2) is 3.87. The first-order valence-electron chi connectivity index (χ1n) is 4.25. The van der Waals surface area contributed by atoms with Gasteiger partial charge in [-0.15, -0.1) is 20.4 Å². The van der Waals surface area contributed by atoms with Crippen molar-refractivity contribution >= 4 is 5.78 Å². The number of carbonyl (C=O) groups is 1. The van der Waals surface area contributed by atoms with E-state index >= 15 is 0 Å². The molecule has 0 atom stereocenters. The van der Waals surface area contributed by atoms with Crippen molar-refractivity contribution < 1.29 is 4.79 Å². The van der Waals surface area contributed by atoms with Crippen LogP contribution in [0, 0.1) is 0 Å². The monoisotopic (exact) mass is 201 g/mol. The Labute approximate surface area is 85.4 Å². The lowest BCUT2D eigenvalue weighted by molar-refractivity contribution is 0.101. The van der Waals surface area contributed by atoms with Crippen LogP contribution in [-0.2, 0) is 0 Å². The molecule has 2 aromatic heterocycles. The predicted octanol–water partition coefficient (Wildman–Crippen LogP) is 0.531. The smallest absolute Gasteiger partial charge is 0.221 e. The van der Waals surface area contributed by atoms with Crippen LogP contribution in [-0.4, -0.2) is 31.2 Å². The largest absolute Gasteiger partial charge is 0.294 e. The third-order valence-corrected chi connectivity index (χ3v) is 1.81. The number of carbonyl (C=O) groups excluding carboxylic acids is 1. The topological polar surface area (TPSA) is 81.5 Å². The molecule has 6 nitrogen and oxygen atoms in total. The van der Waals surface area contributed by atoms with Crippen LogP contribution in [0.5, 0.6) is 0 Å². The van der Waals surface area contributed by atoms with E-state index in [0.29, 0.717) is 17.1 Å². The van der Waals surface area contributed by atoms with Gasteiger partial charge >= 0.3 is 0 Å². The van der Waals surface area contributed by atoms with Crippen molar-refractivity contribution in [3.8, 4) is 11.5 Å². The SMILES string of the molecule is CC(=O)c1ccc(-c2nncnn2)nc1. The zero-order chi connectivity index (χ0) is 10.7. The Morgan fingerprint density at radius 2 is 1.93 bits per heavy atom. The van der Waals surface area contributed by atoms with E-state index in [1.807, 2.05) is 0 Å². The summed E-state index contributed by atoms with van der Waals surface area (Å²) in [5, 5.41) is 14.7. The van der Waals surface area contributed by atoms with E-state index in [4.69, 9.17) is 0 Å². The Bertz CT molecular complexity index is 468. The molecule has 0 N–H and O–H groups in total. The minimum absolute atomic E-state index is 0.0284. The van der Waals surface area contributed by atoms with Gasteiger partial charge in [-0.1, -0.05) is 0 Å². The quantitative estimate of drug-likeness (QED) is 0.659. The molecule has 0 saturated heterocycles. The number of rotatable bonds is 2. The van der Waals surface area contributed by atoms with E-state index in [-0.39, 0.29) is 5.78 Å². The number of pyridine rings is 1. The molecule has 2 aromatic rings. The molecule has 0 aliphatic heterocycles. The Morgan fingerprint density at radius 1 is 1.20 bits per heavy atom. The molecule has 0 bridgehead atoms. The highest BCUT2D eigenvalue weighted by Gasteiger charge is 2.04. The van der Waals surface area contributed by atoms with Crippen molar-refractivity contribution in [3.63, 3.8) is 0 Å². The Kier molecular flexibility index (Phi) is 2.40. The number of nitrogens with zero attached hydrogens (tertiary/aromatic N) is 5. The third kappa shape index (κ3) is 1.98. The van der Waals surface area contributed by atoms with Crippen LogP contribution in [0.1, 0.15) is 17.3 Å². The summed E-state index contributed by atoms with van der Waals surface area (Å²) in [7, 11) is 0. The zero-order valence-corrected chi connectivity index (χ0v) is 7.95. The summed E-state index contributed by atoms with van der Waals surface area (Å²) in [5.41, 5.74) is 1.09. The summed E-state index contributed by atoms with van der Waals surface area (Å²) >= 11 is 0. The number of hydrogen-bond donors (Lipinski definition) is 0. The van der Waals surface area contributed by atoms with Crippen LogP contribution in [0.2, 0.25) is 0 Å². The molecule has 0 spiro atoms. The first-order chi connectivity index (χ1) is 7.27. The molecular formula is C9H7N5O. The lowest BCUT2D eigenvalue weighted by Gasteiger charge is -1.97. The predicted molar refractivity (Wildman–Crippen MR) is 50.9 cm³/mol. The Hall–Kier alpha value is -2.24. The molecule has 0 fully saturated rings. The summed E-state index contributed by atoms with van der Waals surface area (Å²) in [6.07, 6.45) is 2.72. The summed E-state index contributed by atoms with van der Waals surface area (Å²) in [5.74, 6) is 0.312. The summed E-state index contributed by atoms with van der Waals surface area (Å²) < 4.78 is 0. The molecule has 2 rings (SSSR count). The van der Waals surface area contributed by atoms with Crippen molar-refractivity contribution in [1.82, 2.24) is 25.4 Å². The maximum Gasteiger partial charge on any atom is 0.221 e. The molecule has 0 aliphatic rings. The van der Waals surface area contributed by atoms with Crippen LogP contribution >= 0.6 is 0 Å². The number of ketones is 1. The molecule has 0 amide bonds. The fraction of sp³-hybridized carbons (Fsp3) is 0.111. The average molecular weight is 201 g/mol. The molecule has 74 valence electrons. The number of aromatic nitrogens is 5. The second-order valence-electron chi connectivity index (χ2n) is 2.86. The molecule has 15 heavy (non-hydrogen) atoms. The number of Topliss-reactive ketones (excluding diaryl/α,β-unsaturated/α-hetero) is 1. The summed E-state index contributed by atoms with van der Waals surface area (Å²) in [4.78, 5) is 15.0. The maximum atomic E-state index is 11.0. The maximum absolute atomic E-state index is 11.0.